The maximum absolute atomic E-state index is 13.0. The lowest BCUT2D eigenvalue weighted by Crippen LogP contribution is -2.30. The Morgan fingerprint density at radius 1 is 0.297 bits per heavy atom. The Labute approximate surface area is 556 Å². The molecule has 19 heteroatoms. The van der Waals surface area contributed by atoms with E-state index < -0.39 is 97.5 Å². The molecule has 540 valence electrons. The number of rotatable bonds is 72. The normalized spacial score (nSPS) is 14.0. The molecule has 0 aliphatic rings. The average molecular weight is 1340 g/mol. The highest BCUT2D eigenvalue weighted by atomic mass is 31.2. The van der Waals surface area contributed by atoms with Gasteiger partial charge in [-0.2, -0.15) is 0 Å². The molecule has 17 nitrogen and oxygen atoms in total. The van der Waals surface area contributed by atoms with Crippen molar-refractivity contribution in [3.8, 4) is 0 Å². The van der Waals surface area contributed by atoms with E-state index in [1.54, 1.807) is 0 Å². The van der Waals surface area contributed by atoms with Gasteiger partial charge in [-0.05, 0) is 31.6 Å². The first-order chi connectivity index (χ1) is 44.0. The number of esters is 4. The molecule has 0 rings (SSSR count). The molecule has 0 heterocycles. The number of phosphoric ester groups is 2. The van der Waals surface area contributed by atoms with Crippen molar-refractivity contribution in [2.45, 2.75) is 393 Å². The molecule has 0 aromatic rings. The second-order valence-corrected chi connectivity index (χ2v) is 29.4. The van der Waals surface area contributed by atoms with Crippen LogP contribution in [-0.4, -0.2) is 96.7 Å². The van der Waals surface area contributed by atoms with Gasteiger partial charge in [0.25, 0.3) is 0 Å². The number of carbonyl (C=O) groups excluding carboxylic acids is 4. The third-order valence-corrected chi connectivity index (χ3v) is 18.7. The molecule has 0 radical (unpaired) electrons. The molecule has 0 fully saturated rings. The first-order valence-electron chi connectivity index (χ1n) is 37.6. The summed E-state index contributed by atoms with van der Waals surface area (Å²) < 4.78 is 68.3. The van der Waals surface area contributed by atoms with Crippen molar-refractivity contribution in [2.24, 2.45) is 5.92 Å². The van der Waals surface area contributed by atoms with Gasteiger partial charge in [0.05, 0.1) is 26.4 Å². The number of phosphoric acid groups is 2. The first-order valence-corrected chi connectivity index (χ1v) is 40.6. The summed E-state index contributed by atoms with van der Waals surface area (Å²) in [5, 5.41) is 10.6. The van der Waals surface area contributed by atoms with Crippen LogP contribution in [0.1, 0.15) is 375 Å². The lowest BCUT2D eigenvalue weighted by molar-refractivity contribution is -0.161. The van der Waals surface area contributed by atoms with Crippen LogP contribution in [0.15, 0.2) is 0 Å². The summed E-state index contributed by atoms with van der Waals surface area (Å²) in [6.45, 7) is 7.24. The highest BCUT2D eigenvalue weighted by Crippen LogP contribution is 2.45. The lowest BCUT2D eigenvalue weighted by atomic mass is 10.0. The molecular weight excluding hydrogens is 1200 g/mol. The molecule has 0 spiro atoms. The number of ether oxygens (including phenoxy) is 4. The predicted molar refractivity (Wildman–Crippen MR) is 368 cm³/mol. The smallest absolute Gasteiger partial charge is 0.462 e. The van der Waals surface area contributed by atoms with Gasteiger partial charge in [0.1, 0.15) is 19.3 Å². The van der Waals surface area contributed by atoms with Gasteiger partial charge in [-0.15, -0.1) is 0 Å². The van der Waals surface area contributed by atoms with Crippen molar-refractivity contribution >= 4 is 39.5 Å². The van der Waals surface area contributed by atoms with E-state index in [9.17, 15) is 43.2 Å². The summed E-state index contributed by atoms with van der Waals surface area (Å²) in [6, 6.07) is 0. The van der Waals surface area contributed by atoms with E-state index in [0.29, 0.717) is 25.7 Å². The third-order valence-electron chi connectivity index (χ3n) is 16.8. The largest absolute Gasteiger partial charge is 0.472 e. The number of aliphatic hydroxyl groups excluding tert-OH is 1. The fraction of sp³-hybridized carbons (Fsp3) is 0.944. The Kier molecular flexibility index (Phi) is 64.0. The van der Waals surface area contributed by atoms with Crippen LogP contribution < -0.4 is 0 Å². The number of hydrogen-bond donors (Lipinski definition) is 3. The van der Waals surface area contributed by atoms with Gasteiger partial charge in [0, 0.05) is 25.7 Å². The number of unbranched alkanes of at least 4 members (excludes halogenated alkanes) is 44. The molecule has 0 aromatic carbocycles. The van der Waals surface area contributed by atoms with Crippen molar-refractivity contribution in [1.29, 1.82) is 0 Å². The van der Waals surface area contributed by atoms with E-state index in [4.69, 9.17) is 37.0 Å². The first kappa shape index (κ1) is 89.1. The Morgan fingerprint density at radius 2 is 0.505 bits per heavy atom. The lowest BCUT2D eigenvalue weighted by Gasteiger charge is -2.21. The topological polar surface area (TPSA) is 237 Å². The van der Waals surface area contributed by atoms with E-state index in [2.05, 4.69) is 34.6 Å². The van der Waals surface area contributed by atoms with Crippen LogP contribution in [-0.2, 0) is 65.4 Å². The monoisotopic (exact) mass is 1340 g/mol. The maximum atomic E-state index is 13.0. The quantitative estimate of drug-likeness (QED) is 0.0222. The summed E-state index contributed by atoms with van der Waals surface area (Å²) in [7, 11) is -9.90. The molecule has 0 aromatic heterocycles. The standard InChI is InChI=1S/C72H140O17P2/c1-6-9-12-15-18-20-22-24-26-27-29-33-38-43-48-53-58-72(77)89-68(62-83-70(75)56-51-46-41-36-34-30-31-35-40-44-49-54-65(4)5)64-87-91(80,81)85-60-66(73)59-84-90(78,79)86-63-67(61-82-69(74)55-50-45-39-17-14-11-8-3)88-71(76)57-52-47-42-37-32-28-25-23-21-19-16-13-10-7-2/h65-68,73H,6-64H2,1-5H3,(H,78,79)(H,80,81)/t66-,67+,68+/m0/s1. The SMILES string of the molecule is CCCCCCCCCCCCCCCCCCC(=O)O[C@H](COC(=O)CCCCCCCCCCCCCC(C)C)COP(=O)(O)OC[C@@H](O)COP(=O)(O)OC[C@@H](COC(=O)CCCCCCCCC)OC(=O)CCCCCCCCCCCCCCCC. The van der Waals surface area contributed by atoms with Crippen molar-refractivity contribution in [3.05, 3.63) is 0 Å². The highest BCUT2D eigenvalue weighted by Gasteiger charge is 2.30. The number of carbonyl (C=O) groups is 4. The zero-order valence-corrected chi connectivity index (χ0v) is 60.8. The minimum atomic E-state index is -4.95. The van der Waals surface area contributed by atoms with Crippen LogP contribution >= 0.6 is 15.6 Å². The number of aliphatic hydroxyl groups is 1. The van der Waals surface area contributed by atoms with Crippen LogP contribution in [0.2, 0.25) is 0 Å². The molecule has 91 heavy (non-hydrogen) atoms. The molecule has 0 aliphatic heterocycles. The van der Waals surface area contributed by atoms with Crippen LogP contribution in [0.3, 0.4) is 0 Å². The molecule has 3 N–H and O–H groups in total. The molecule has 0 saturated heterocycles. The summed E-state index contributed by atoms with van der Waals surface area (Å²) in [5.41, 5.74) is 0. The molecule has 5 atom stereocenters. The molecule has 0 bridgehead atoms. The zero-order valence-electron chi connectivity index (χ0n) is 59.0. The summed E-state index contributed by atoms with van der Waals surface area (Å²) in [6.07, 6.45) is 52.7. The van der Waals surface area contributed by atoms with Crippen LogP contribution in [0.5, 0.6) is 0 Å². The van der Waals surface area contributed by atoms with Crippen LogP contribution in [0.4, 0.5) is 0 Å². The van der Waals surface area contributed by atoms with E-state index >= 15 is 0 Å². The fourth-order valence-electron chi connectivity index (χ4n) is 11.0. The van der Waals surface area contributed by atoms with Gasteiger partial charge in [0.15, 0.2) is 12.2 Å². The molecular formula is C72H140O17P2. The Balaban J connectivity index is 5.20. The summed E-state index contributed by atoms with van der Waals surface area (Å²) in [5.74, 6) is -1.35. The third kappa shape index (κ3) is 66.5. The van der Waals surface area contributed by atoms with Crippen molar-refractivity contribution < 1.29 is 80.2 Å². The maximum Gasteiger partial charge on any atom is 0.472 e. The van der Waals surface area contributed by atoms with E-state index in [0.717, 1.165) is 109 Å². The molecule has 0 saturated carbocycles. The van der Waals surface area contributed by atoms with Crippen molar-refractivity contribution in [3.63, 3.8) is 0 Å². The zero-order chi connectivity index (χ0) is 67.0. The van der Waals surface area contributed by atoms with Gasteiger partial charge < -0.3 is 33.8 Å². The van der Waals surface area contributed by atoms with Gasteiger partial charge in [-0.1, -0.05) is 324 Å². The van der Waals surface area contributed by atoms with Crippen LogP contribution in [0.25, 0.3) is 0 Å². The fourth-order valence-corrected chi connectivity index (χ4v) is 12.6. The second-order valence-electron chi connectivity index (χ2n) is 26.5. The predicted octanol–water partition coefficient (Wildman–Crippen LogP) is 20.9. The van der Waals surface area contributed by atoms with Crippen LogP contribution in [0, 0.1) is 5.92 Å². The molecule has 0 amide bonds. The summed E-state index contributed by atoms with van der Waals surface area (Å²) in [4.78, 5) is 72.5. The van der Waals surface area contributed by atoms with Gasteiger partial charge >= 0.3 is 39.5 Å². The Hall–Kier alpha value is -1.94. The van der Waals surface area contributed by atoms with E-state index in [1.807, 2.05) is 0 Å². The molecule has 2 unspecified atom stereocenters. The van der Waals surface area contributed by atoms with E-state index in [1.165, 1.54) is 186 Å². The van der Waals surface area contributed by atoms with Gasteiger partial charge in [-0.25, -0.2) is 9.13 Å². The van der Waals surface area contributed by atoms with Gasteiger partial charge in [-0.3, -0.25) is 37.3 Å². The number of hydrogen-bond acceptors (Lipinski definition) is 15. The van der Waals surface area contributed by atoms with Crippen molar-refractivity contribution in [1.82, 2.24) is 0 Å². The second kappa shape index (κ2) is 65.4. The molecule has 0 aliphatic carbocycles. The van der Waals surface area contributed by atoms with E-state index in [-0.39, 0.29) is 25.7 Å². The minimum absolute atomic E-state index is 0.108. The van der Waals surface area contributed by atoms with Gasteiger partial charge in [0.2, 0.25) is 0 Å². The summed E-state index contributed by atoms with van der Waals surface area (Å²) >= 11 is 0. The average Bonchev–Trinajstić information content (AvgIpc) is 3.49. The Morgan fingerprint density at radius 3 is 0.747 bits per heavy atom. The Bertz CT molecular complexity index is 1750. The minimum Gasteiger partial charge on any atom is -0.462 e. The van der Waals surface area contributed by atoms with Crippen molar-refractivity contribution in [2.75, 3.05) is 39.6 Å². The highest BCUT2D eigenvalue weighted by molar-refractivity contribution is 7.47.